The second kappa shape index (κ2) is 7.84. The molecule has 2 aliphatic rings. The third-order valence-electron chi connectivity index (χ3n) is 6.14. The standard InChI is InChI=1S/C21H28N8O2/c1-21(5-6-21)25-20(30)31-15-4-3-13(9-15)16-11-18(27-26-16)24-19-17-10-14(12-22-2)28-29(17)8-7-23-19/h7-8,10-11,13,15,22H,3-6,9,12H2,1-2H3,(H,25,30)(H2,23,24,26,27)/t13-,15+/m0/s1. The van der Waals surface area contributed by atoms with Crippen molar-refractivity contribution in [1.29, 1.82) is 0 Å². The molecule has 3 heterocycles. The Bertz CT molecular complexity index is 1090. The van der Waals surface area contributed by atoms with Crippen molar-refractivity contribution in [2.75, 3.05) is 12.4 Å². The third kappa shape index (κ3) is 4.34. The van der Waals surface area contributed by atoms with Crippen LogP contribution in [0.5, 0.6) is 0 Å². The summed E-state index contributed by atoms with van der Waals surface area (Å²) in [7, 11) is 1.89. The van der Waals surface area contributed by atoms with E-state index in [1.807, 2.05) is 36.8 Å². The Morgan fingerprint density at radius 1 is 1.35 bits per heavy atom. The summed E-state index contributed by atoms with van der Waals surface area (Å²) in [6.07, 6.45) is 7.86. The molecule has 4 N–H and O–H groups in total. The summed E-state index contributed by atoms with van der Waals surface area (Å²) in [5.41, 5.74) is 2.82. The SMILES string of the molecule is CNCc1cc2c(Nc3cc([C@H]4CC[C@@H](OC(=O)NC5(C)CC5)C4)[nH]n3)nccn2n1. The number of alkyl carbamates (subject to hydrolysis) is 1. The zero-order valence-electron chi connectivity index (χ0n) is 17.8. The van der Waals surface area contributed by atoms with Gasteiger partial charge in [-0.1, -0.05) is 0 Å². The molecule has 164 valence electrons. The van der Waals surface area contributed by atoms with E-state index in [1.165, 1.54) is 0 Å². The summed E-state index contributed by atoms with van der Waals surface area (Å²) >= 11 is 0. The first-order valence-corrected chi connectivity index (χ1v) is 10.8. The molecule has 10 heteroatoms. The van der Waals surface area contributed by atoms with Crippen LogP contribution in [0.15, 0.2) is 24.5 Å². The second-order valence-corrected chi connectivity index (χ2v) is 8.83. The molecule has 0 spiro atoms. The van der Waals surface area contributed by atoms with Crippen LogP contribution < -0.4 is 16.0 Å². The van der Waals surface area contributed by atoms with Gasteiger partial charge in [0.05, 0.1) is 5.69 Å². The van der Waals surface area contributed by atoms with Crippen molar-refractivity contribution in [2.45, 2.75) is 63.1 Å². The van der Waals surface area contributed by atoms with Crippen molar-refractivity contribution in [3.8, 4) is 0 Å². The van der Waals surface area contributed by atoms with Gasteiger partial charge >= 0.3 is 6.09 Å². The summed E-state index contributed by atoms with van der Waals surface area (Å²) in [5.74, 6) is 1.70. The van der Waals surface area contributed by atoms with Gasteiger partial charge in [0.2, 0.25) is 0 Å². The third-order valence-corrected chi connectivity index (χ3v) is 6.14. The maximum Gasteiger partial charge on any atom is 0.407 e. The molecular formula is C21H28N8O2. The number of rotatable bonds is 7. The van der Waals surface area contributed by atoms with Gasteiger partial charge in [0.15, 0.2) is 11.6 Å². The number of anilines is 2. The van der Waals surface area contributed by atoms with Crippen molar-refractivity contribution in [3.05, 3.63) is 35.9 Å². The Morgan fingerprint density at radius 2 is 2.23 bits per heavy atom. The number of ether oxygens (including phenoxy) is 1. The summed E-state index contributed by atoms with van der Waals surface area (Å²) in [5, 5.41) is 21.4. The van der Waals surface area contributed by atoms with E-state index in [0.717, 1.165) is 49.0 Å². The molecule has 3 aromatic rings. The monoisotopic (exact) mass is 424 g/mol. The number of aromatic nitrogens is 5. The van der Waals surface area contributed by atoms with Gasteiger partial charge in [0.25, 0.3) is 0 Å². The van der Waals surface area contributed by atoms with Gasteiger partial charge < -0.3 is 20.7 Å². The molecule has 1 amide bonds. The second-order valence-electron chi connectivity index (χ2n) is 8.83. The number of nitrogens with zero attached hydrogens (tertiary/aromatic N) is 4. The quantitative estimate of drug-likeness (QED) is 0.460. The first kappa shape index (κ1) is 19.8. The van der Waals surface area contributed by atoms with Crippen molar-refractivity contribution >= 4 is 23.2 Å². The number of carbonyl (C=O) groups excluding carboxylic acids is 1. The minimum absolute atomic E-state index is 0.0557. The zero-order chi connectivity index (χ0) is 21.4. The van der Waals surface area contributed by atoms with Gasteiger partial charge in [0.1, 0.15) is 11.6 Å². The Hall–Kier alpha value is -3.14. The molecule has 5 rings (SSSR count). The first-order valence-electron chi connectivity index (χ1n) is 10.8. The predicted molar refractivity (Wildman–Crippen MR) is 115 cm³/mol. The zero-order valence-corrected chi connectivity index (χ0v) is 17.8. The van der Waals surface area contributed by atoms with Crippen molar-refractivity contribution in [1.82, 2.24) is 35.4 Å². The number of aromatic amines is 1. The van der Waals surface area contributed by atoms with Crippen LogP contribution >= 0.6 is 0 Å². The van der Waals surface area contributed by atoms with Gasteiger partial charge in [-0.15, -0.1) is 0 Å². The number of hydrogen-bond donors (Lipinski definition) is 4. The molecule has 2 atom stereocenters. The Kier molecular flexibility index (Phi) is 5.01. The summed E-state index contributed by atoms with van der Waals surface area (Å²) in [6, 6.07) is 4.01. The molecule has 2 saturated carbocycles. The van der Waals surface area contributed by atoms with Crippen LogP contribution in [0, 0.1) is 0 Å². The lowest BCUT2D eigenvalue weighted by Crippen LogP contribution is -2.36. The lowest BCUT2D eigenvalue weighted by Gasteiger charge is -2.16. The maximum atomic E-state index is 12.1. The van der Waals surface area contributed by atoms with E-state index < -0.39 is 0 Å². The highest BCUT2D eigenvalue weighted by molar-refractivity contribution is 5.72. The molecule has 0 unspecified atom stereocenters. The van der Waals surface area contributed by atoms with Gasteiger partial charge in [0, 0.05) is 42.2 Å². The molecule has 0 saturated heterocycles. The van der Waals surface area contributed by atoms with Gasteiger partial charge in [-0.2, -0.15) is 10.2 Å². The van der Waals surface area contributed by atoms with E-state index in [9.17, 15) is 4.79 Å². The molecule has 0 bridgehead atoms. The largest absolute Gasteiger partial charge is 0.446 e. The van der Waals surface area contributed by atoms with E-state index in [1.54, 1.807) is 6.20 Å². The van der Waals surface area contributed by atoms with E-state index >= 15 is 0 Å². The van der Waals surface area contributed by atoms with Crippen molar-refractivity contribution in [3.63, 3.8) is 0 Å². The van der Waals surface area contributed by atoms with Gasteiger partial charge in [-0.25, -0.2) is 14.3 Å². The molecule has 0 aliphatic heterocycles. The van der Waals surface area contributed by atoms with Crippen molar-refractivity contribution in [2.24, 2.45) is 0 Å². The van der Waals surface area contributed by atoms with E-state index in [-0.39, 0.29) is 17.7 Å². The average Bonchev–Trinajstić information content (AvgIpc) is 3.16. The Balaban J connectivity index is 1.22. The lowest BCUT2D eigenvalue weighted by molar-refractivity contribution is 0.0967. The van der Waals surface area contributed by atoms with Crippen LogP contribution in [0.4, 0.5) is 16.4 Å². The maximum absolute atomic E-state index is 12.1. The molecule has 2 fully saturated rings. The number of carbonyl (C=O) groups is 1. The molecule has 31 heavy (non-hydrogen) atoms. The fourth-order valence-electron chi connectivity index (χ4n) is 4.14. The number of amides is 1. The minimum atomic E-state index is -0.296. The van der Waals surface area contributed by atoms with E-state index in [4.69, 9.17) is 4.74 Å². The predicted octanol–water partition coefficient (Wildman–Crippen LogP) is 2.83. The molecule has 2 aliphatic carbocycles. The highest BCUT2D eigenvalue weighted by Gasteiger charge is 2.40. The smallest absolute Gasteiger partial charge is 0.407 e. The van der Waals surface area contributed by atoms with Gasteiger partial charge in [-0.3, -0.25) is 5.10 Å². The van der Waals surface area contributed by atoms with Gasteiger partial charge in [-0.05, 0) is 52.1 Å². The van der Waals surface area contributed by atoms with Crippen LogP contribution in [0.25, 0.3) is 5.52 Å². The molecule has 10 nitrogen and oxygen atoms in total. The molecule has 3 aromatic heterocycles. The molecular weight excluding hydrogens is 396 g/mol. The lowest BCUT2D eigenvalue weighted by atomic mass is 10.0. The summed E-state index contributed by atoms with van der Waals surface area (Å²) in [6.45, 7) is 2.74. The highest BCUT2D eigenvalue weighted by atomic mass is 16.6. The van der Waals surface area contributed by atoms with Crippen molar-refractivity contribution < 1.29 is 9.53 Å². The Morgan fingerprint density at radius 3 is 3.03 bits per heavy atom. The van der Waals surface area contributed by atoms with E-state index in [2.05, 4.69) is 36.2 Å². The van der Waals surface area contributed by atoms with Crippen LogP contribution in [0.2, 0.25) is 0 Å². The number of nitrogens with one attached hydrogen (secondary N) is 4. The highest BCUT2D eigenvalue weighted by Crippen LogP contribution is 2.37. The average molecular weight is 425 g/mol. The van der Waals surface area contributed by atoms with E-state index in [0.29, 0.717) is 24.1 Å². The first-order chi connectivity index (χ1) is 15.0. The summed E-state index contributed by atoms with van der Waals surface area (Å²) in [4.78, 5) is 16.5. The normalized spacial score (nSPS) is 21.9. The fourth-order valence-corrected chi connectivity index (χ4v) is 4.14. The number of hydrogen-bond acceptors (Lipinski definition) is 7. The molecule has 0 aromatic carbocycles. The topological polar surface area (TPSA) is 121 Å². The fraction of sp³-hybridized carbons (Fsp3) is 0.524. The number of H-pyrrole nitrogens is 1. The minimum Gasteiger partial charge on any atom is -0.446 e. The van der Waals surface area contributed by atoms with Crippen LogP contribution in [-0.2, 0) is 11.3 Å². The van der Waals surface area contributed by atoms with Crippen LogP contribution in [0.1, 0.15) is 56.3 Å². The molecule has 0 radical (unpaired) electrons. The number of fused-ring (bicyclic) bond motifs is 1. The summed E-state index contributed by atoms with van der Waals surface area (Å²) < 4.78 is 7.43. The van der Waals surface area contributed by atoms with Crippen LogP contribution in [-0.4, -0.2) is 49.6 Å². The van der Waals surface area contributed by atoms with Crippen LogP contribution in [0.3, 0.4) is 0 Å². The Labute approximate surface area is 180 Å².